The lowest BCUT2D eigenvalue weighted by molar-refractivity contribution is -0.120. The van der Waals surface area contributed by atoms with Crippen LogP contribution in [0.2, 0.25) is 5.02 Å². The second-order valence-corrected chi connectivity index (χ2v) is 6.93. The molecule has 0 aliphatic heterocycles. The van der Waals surface area contributed by atoms with Crippen LogP contribution in [0.1, 0.15) is 5.56 Å². The number of thioether (sulfide) groups is 1. The number of pyridine rings is 1. The third kappa shape index (κ3) is 4.49. The Balaban J connectivity index is 1.49. The van der Waals surface area contributed by atoms with Crippen LogP contribution in [0.4, 0.5) is 0 Å². The summed E-state index contributed by atoms with van der Waals surface area (Å²) < 4.78 is 0. The molecule has 1 aromatic heterocycles. The van der Waals surface area contributed by atoms with Gasteiger partial charge in [0.15, 0.2) is 0 Å². The Kier molecular flexibility index (Phi) is 5.72. The second kappa shape index (κ2) is 8.18. The highest BCUT2D eigenvalue weighted by Crippen LogP contribution is 2.20. The summed E-state index contributed by atoms with van der Waals surface area (Å²) >= 11 is 7.56. The van der Waals surface area contributed by atoms with E-state index < -0.39 is 0 Å². The van der Waals surface area contributed by atoms with E-state index >= 15 is 0 Å². The van der Waals surface area contributed by atoms with Gasteiger partial charge in [0.2, 0.25) is 5.91 Å². The predicted octanol–water partition coefficient (Wildman–Crippen LogP) is 4.34. The van der Waals surface area contributed by atoms with Crippen molar-refractivity contribution in [2.24, 2.45) is 0 Å². The highest BCUT2D eigenvalue weighted by atomic mass is 35.5. The summed E-state index contributed by atoms with van der Waals surface area (Å²) in [6.45, 7) is 0.629. The molecular formula is C19H17ClN2OS. The van der Waals surface area contributed by atoms with Crippen LogP contribution in [0.25, 0.3) is 10.9 Å². The Morgan fingerprint density at radius 3 is 2.71 bits per heavy atom. The third-order valence-electron chi connectivity index (χ3n) is 3.57. The molecule has 1 heterocycles. The fraction of sp³-hybridized carbons (Fsp3) is 0.158. The van der Waals surface area contributed by atoms with E-state index in [0.29, 0.717) is 13.0 Å². The molecule has 3 aromatic rings. The van der Waals surface area contributed by atoms with Crippen molar-refractivity contribution in [2.75, 3.05) is 12.3 Å². The topological polar surface area (TPSA) is 42.0 Å². The zero-order valence-electron chi connectivity index (χ0n) is 13.0. The molecule has 122 valence electrons. The number of aromatic nitrogens is 1. The van der Waals surface area contributed by atoms with Gasteiger partial charge >= 0.3 is 0 Å². The van der Waals surface area contributed by atoms with Crippen LogP contribution in [0.5, 0.6) is 0 Å². The number of nitrogens with one attached hydrogen (secondary N) is 1. The van der Waals surface area contributed by atoms with Gasteiger partial charge in [0.25, 0.3) is 0 Å². The Labute approximate surface area is 150 Å². The minimum atomic E-state index is 0.0184. The van der Waals surface area contributed by atoms with E-state index in [-0.39, 0.29) is 5.91 Å². The fourth-order valence-corrected chi connectivity index (χ4v) is 3.33. The second-order valence-electron chi connectivity index (χ2n) is 5.32. The van der Waals surface area contributed by atoms with Crippen LogP contribution in [0.3, 0.4) is 0 Å². The van der Waals surface area contributed by atoms with Crippen LogP contribution >= 0.6 is 23.4 Å². The molecular weight excluding hydrogens is 340 g/mol. The first-order valence-corrected chi connectivity index (χ1v) is 9.06. The molecule has 5 heteroatoms. The molecule has 3 rings (SSSR count). The van der Waals surface area contributed by atoms with Crippen molar-refractivity contribution in [3.63, 3.8) is 0 Å². The summed E-state index contributed by atoms with van der Waals surface area (Å²) in [6, 6.07) is 17.5. The molecule has 0 bridgehead atoms. The normalized spacial score (nSPS) is 10.7. The number of fused-ring (bicyclic) bond motifs is 1. The van der Waals surface area contributed by atoms with Gasteiger partial charge in [-0.05, 0) is 35.9 Å². The van der Waals surface area contributed by atoms with Crippen LogP contribution in [-0.2, 0) is 11.2 Å². The van der Waals surface area contributed by atoms with Gasteiger partial charge in [-0.1, -0.05) is 35.9 Å². The molecule has 3 nitrogen and oxygen atoms in total. The standard InChI is InChI=1S/C19H17ClN2OS/c20-16-6-8-17(9-7-16)24-12-11-21-18(23)13-15-4-1-3-14-5-2-10-22-19(14)15/h1-10H,11-13H2,(H,21,23). The van der Waals surface area contributed by atoms with Crippen molar-refractivity contribution in [1.29, 1.82) is 0 Å². The molecule has 0 saturated heterocycles. The molecule has 1 N–H and O–H groups in total. The van der Waals surface area contributed by atoms with E-state index in [0.717, 1.165) is 32.1 Å². The maximum atomic E-state index is 12.1. The van der Waals surface area contributed by atoms with Crippen LogP contribution in [0, 0.1) is 0 Å². The van der Waals surface area contributed by atoms with Crippen molar-refractivity contribution < 1.29 is 4.79 Å². The molecule has 24 heavy (non-hydrogen) atoms. The van der Waals surface area contributed by atoms with Gasteiger partial charge in [0, 0.05) is 33.8 Å². The summed E-state index contributed by atoms with van der Waals surface area (Å²) in [6.07, 6.45) is 2.10. The maximum absolute atomic E-state index is 12.1. The van der Waals surface area contributed by atoms with Crippen LogP contribution < -0.4 is 5.32 Å². The monoisotopic (exact) mass is 356 g/mol. The Bertz CT molecular complexity index is 831. The number of benzene rings is 2. The average Bonchev–Trinajstić information content (AvgIpc) is 2.61. The van der Waals surface area contributed by atoms with E-state index in [9.17, 15) is 4.79 Å². The number of carbonyl (C=O) groups excluding carboxylic acids is 1. The molecule has 0 atom stereocenters. The minimum absolute atomic E-state index is 0.0184. The van der Waals surface area contributed by atoms with Gasteiger partial charge in [-0.2, -0.15) is 0 Å². The molecule has 0 saturated carbocycles. The Morgan fingerprint density at radius 1 is 1.08 bits per heavy atom. The van der Waals surface area contributed by atoms with Gasteiger partial charge in [0.1, 0.15) is 0 Å². The first-order chi connectivity index (χ1) is 11.7. The smallest absolute Gasteiger partial charge is 0.224 e. The molecule has 0 aliphatic carbocycles. The minimum Gasteiger partial charge on any atom is -0.355 e. The number of amides is 1. The fourth-order valence-electron chi connectivity index (χ4n) is 2.44. The summed E-state index contributed by atoms with van der Waals surface area (Å²) in [7, 11) is 0. The maximum Gasteiger partial charge on any atom is 0.224 e. The highest BCUT2D eigenvalue weighted by Gasteiger charge is 2.07. The van der Waals surface area contributed by atoms with Gasteiger partial charge in [-0.15, -0.1) is 11.8 Å². The van der Waals surface area contributed by atoms with Crippen molar-refractivity contribution in [2.45, 2.75) is 11.3 Å². The van der Waals surface area contributed by atoms with Crippen molar-refractivity contribution in [1.82, 2.24) is 10.3 Å². The van der Waals surface area contributed by atoms with E-state index in [1.165, 1.54) is 0 Å². The number of halogens is 1. The van der Waals surface area contributed by atoms with E-state index in [4.69, 9.17) is 11.6 Å². The van der Waals surface area contributed by atoms with Gasteiger partial charge in [-0.3, -0.25) is 9.78 Å². The summed E-state index contributed by atoms with van der Waals surface area (Å²) in [4.78, 5) is 17.7. The third-order valence-corrected chi connectivity index (χ3v) is 4.84. The van der Waals surface area contributed by atoms with Crippen molar-refractivity contribution in [3.05, 3.63) is 71.4 Å². The molecule has 2 aromatic carbocycles. The average molecular weight is 357 g/mol. The van der Waals surface area contributed by atoms with Crippen molar-refractivity contribution >= 4 is 40.2 Å². The first-order valence-electron chi connectivity index (χ1n) is 7.70. The van der Waals surface area contributed by atoms with E-state index in [1.54, 1.807) is 18.0 Å². The largest absolute Gasteiger partial charge is 0.355 e. The summed E-state index contributed by atoms with van der Waals surface area (Å²) in [5.74, 6) is 0.839. The molecule has 0 spiro atoms. The van der Waals surface area contributed by atoms with Gasteiger partial charge in [0.05, 0.1) is 11.9 Å². The lowest BCUT2D eigenvalue weighted by atomic mass is 10.1. The summed E-state index contributed by atoms with van der Waals surface area (Å²) in [5.41, 5.74) is 1.85. The number of para-hydroxylation sites is 1. The quantitative estimate of drug-likeness (QED) is 0.527. The number of nitrogens with zero attached hydrogens (tertiary/aromatic N) is 1. The SMILES string of the molecule is O=C(Cc1cccc2cccnc12)NCCSc1ccc(Cl)cc1. The number of carbonyl (C=O) groups is 1. The number of hydrogen-bond donors (Lipinski definition) is 1. The van der Waals surface area contributed by atoms with Gasteiger partial charge < -0.3 is 5.32 Å². The Morgan fingerprint density at radius 2 is 1.88 bits per heavy atom. The zero-order chi connectivity index (χ0) is 16.8. The Hall–Kier alpha value is -2.04. The van der Waals surface area contributed by atoms with Gasteiger partial charge in [-0.25, -0.2) is 0 Å². The van der Waals surface area contributed by atoms with Crippen LogP contribution in [-0.4, -0.2) is 23.2 Å². The molecule has 1 amide bonds. The molecule has 0 radical (unpaired) electrons. The molecule has 0 unspecified atom stereocenters. The van der Waals surface area contributed by atoms with E-state index in [2.05, 4.69) is 10.3 Å². The molecule has 0 fully saturated rings. The lowest BCUT2D eigenvalue weighted by Gasteiger charge is -2.07. The number of hydrogen-bond acceptors (Lipinski definition) is 3. The highest BCUT2D eigenvalue weighted by molar-refractivity contribution is 7.99. The molecule has 0 aliphatic rings. The van der Waals surface area contributed by atoms with Crippen LogP contribution in [0.15, 0.2) is 65.7 Å². The van der Waals surface area contributed by atoms with Crippen molar-refractivity contribution in [3.8, 4) is 0 Å². The zero-order valence-corrected chi connectivity index (χ0v) is 14.6. The predicted molar refractivity (Wildman–Crippen MR) is 101 cm³/mol. The first kappa shape index (κ1) is 16.8. The number of rotatable bonds is 6. The lowest BCUT2D eigenvalue weighted by Crippen LogP contribution is -2.27. The summed E-state index contributed by atoms with van der Waals surface area (Å²) in [5, 5.41) is 4.75. The van der Waals surface area contributed by atoms with E-state index in [1.807, 2.05) is 54.6 Å².